The molecule has 0 saturated carbocycles. The van der Waals surface area contributed by atoms with Gasteiger partial charge in [0.25, 0.3) is 0 Å². The number of aromatic nitrogens is 1. The summed E-state index contributed by atoms with van der Waals surface area (Å²) in [4.78, 5) is 4.04. The van der Waals surface area contributed by atoms with E-state index in [1.54, 1.807) is 12.4 Å². The van der Waals surface area contributed by atoms with Crippen molar-refractivity contribution in [3.63, 3.8) is 0 Å². The van der Waals surface area contributed by atoms with Gasteiger partial charge in [-0.2, -0.15) is 0 Å². The summed E-state index contributed by atoms with van der Waals surface area (Å²) >= 11 is 3.62. The van der Waals surface area contributed by atoms with Gasteiger partial charge in [0, 0.05) is 16.7 Å². The van der Waals surface area contributed by atoms with Crippen LogP contribution in [0.1, 0.15) is 31.9 Å². The summed E-state index contributed by atoms with van der Waals surface area (Å²) in [6.45, 7) is 5.35. The first-order valence-electron chi connectivity index (χ1n) is 6.81. The number of hydrogen-bond acceptors (Lipinski definition) is 3. The maximum Gasteiger partial charge on any atom is 0.145 e. The van der Waals surface area contributed by atoms with Crippen molar-refractivity contribution in [3.05, 3.63) is 52.8 Å². The highest BCUT2D eigenvalue weighted by atomic mass is 79.9. The summed E-state index contributed by atoms with van der Waals surface area (Å²) in [5.74, 6) is 1.54. The molecule has 0 aliphatic rings. The summed E-state index contributed by atoms with van der Waals surface area (Å²) in [7, 11) is 0. The number of nitrogens with one attached hydrogen (secondary N) is 1. The minimum absolute atomic E-state index is 0.316. The minimum Gasteiger partial charge on any atom is -0.456 e. The van der Waals surface area contributed by atoms with Crippen molar-refractivity contribution in [2.75, 3.05) is 6.54 Å². The van der Waals surface area contributed by atoms with Crippen LogP contribution in [0.15, 0.2) is 47.2 Å². The van der Waals surface area contributed by atoms with E-state index < -0.39 is 0 Å². The Morgan fingerprint density at radius 1 is 1.30 bits per heavy atom. The van der Waals surface area contributed by atoms with Crippen LogP contribution in [0.25, 0.3) is 0 Å². The monoisotopic (exact) mass is 334 g/mol. The maximum absolute atomic E-state index is 5.76. The van der Waals surface area contributed by atoms with Crippen molar-refractivity contribution < 1.29 is 4.74 Å². The lowest BCUT2D eigenvalue weighted by molar-refractivity contribution is 0.479. The molecule has 0 bridgehead atoms. The fourth-order valence-corrected chi connectivity index (χ4v) is 2.64. The van der Waals surface area contributed by atoms with Crippen LogP contribution < -0.4 is 10.1 Å². The molecular weight excluding hydrogens is 316 g/mol. The van der Waals surface area contributed by atoms with Crippen LogP contribution in [0.4, 0.5) is 0 Å². The van der Waals surface area contributed by atoms with Gasteiger partial charge in [-0.15, -0.1) is 0 Å². The van der Waals surface area contributed by atoms with Crippen LogP contribution >= 0.6 is 15.9 Å². The number of benzene rings is 1. The Kier molecular flexibility index (Phi) is 5.56. The van der Waals surface area contributed by atoms with Crippen molar-refractivity contribution in [1.82, 2.24) is 10.3 Å². The van der Waals surface area contributed by atoms with E-state index >= 15 is 0 Å². The van der Waals surface area contributed by atoms with Crippen LogP contribution in [-0.2, 0) is 0 Å². The van der Waals surface area contributed by atoms with Crippen LogP contribution in [0.3, 0.4) is 0 Å². The molecule has 1 N–H and O–H groups in total. The summed E-state index contributed by atoms with van der Waals surface area (Å²) in [5.41, 5.74) is 1.23. The Morgan fingerprint density at radius 2 is 2.15 bits per heavy atom. The van der Waals surface area contributed by atoms with Crippen molar-refractivity contribution in [1.29, 1.82) is 0 Å². The van der Waals surface area contributed by atoms with Crippen LogP contribution in [-0.4, -0.2) is 11.5 Å². The van der Waals surface area contributed by atoms with Crippen molar-refractivity contribution in [3.8, 4) is 11.5 Å². The number of rotatable bonds is 6. The van der Waals surface area contributed by atoms with E-state index in [0.29, 0.717) is 6.04 Å². The van der Waals surface area contributed by atoms with Gasteiger partial charge in [0.05, 0.1) is 6.20 Å². The van der Waals surface area contributed by atoms with E-state index in [4.69, 9.17) is 4.74 Å². The normalized spacial score (nSPS) is 12.2. The third-order valence-corrected chi connectivity index (χ3v) is 3.70. The smallest absolute Gasteiger partial charge is 0.145 e. The van der Waals surface area contributed by atoms with Gasteiger partial charge in [-0.25, -0.2) is 0 Å². The fraction of sp³-hybridized carbons (Fsp3) is 0.312. The van der Waals surface area contributed by atoms with Crippen LogP contribution in [0.5, 0.6) is 11.5 Å². The van der Waals surface area contributed by atoms with Gasteiger partial charge in [-0.05, 0) is 49.7 Å². The van der Waals surface area contributed by atoms with E-state index in [1.807, 2.05) is 24.3 Å². The lowest BCUT2D eigenvalue weighted by Gasteiger charge is -2.16. The molecule has 4 heteroatoms. The molecule has 1 unspecified atom stereocenters. The average Bonchev–Trinajstić information content (AvgIpc) is 2.46. The second-order valence-electron chi connectivity index (χ2n) is 4.65. The summed E-state index contributed by atoms with van der Waals surface area (Å²) in [6.07, 6.45) is 4.56. The first-order valence-corrected chi connectivity index (χ1v) is 7.60. The van der Waals surface area contributed by atoms with Crippen molar-refractivity contribution in [2.24, 2.45) is 0 Å². The number of hydrogen-bond donors (Lipinski definition) is 1. The molecule has 1 atom stereocenters. The lowest BCUT2D eigenvalue weighted by Crippen LogP contribution is -2.19. The highest BCUT2D eigenvalue weighted by Crippen LogP contribution is 2.29. The molecule has 0 fully saturated rings. The van der Waals surface area contributed by atoms with Gasteiger partial charge >= 0.3 is 0 Å². The zero-order chi connectivity index (χ0) is 14.4. The second-order valence-corrected chi connectivity index (χ2v) is 5.50. The third-order valence-electron chi connectivity index (χ3n) is 3.01. The number of nitrogens with zero attached hydrogens (tertiary/aromatic N) is 1. The molecule has 0 amide bonds. The Balaban J connectivity index is 2.09. The maximum atomic E-state index is 5.76. The highest BCUT2D eigenvalue weighted by Gasteiger charge is 2.09. The van der Waals surface area contributed by atoms with E-state index in [2.05, 4.69) is 46.1 Å². The second kappa shape index (κ2) is 7.41. The zero-order valence-corrected chi connectivity index (χ0v) is 13.4. The summed E-state index contributed by atoms with van der Waals surface area (Å²) in [5, 5.41) is 3.48. The molecule has 106 valence electrons. The average molecular weight is 335 g/mol. The van der Waals surface area contributed by atoms with Gasteiger partial charge in [-0.1, -0.05) is 28.9 Å². The van der Waals surface area contributed by atoms with E-state index in [1.165, 1.54) is 5.56 Å². The molecule has 1 aromatic carbocycles. The molecule has 0 aliphatic heterocycles. The molecule has 0 radical (unpaired) electrons. The number of ether oxygens (including phenoxy) is 1. The predicted octanol–water partition coefficient (Wildman–Crippen LogP) is 4.70. The standard InChI is InChI=1S/C16H19BrN2O/c1-3-8-19-12(2)15-7-6-13(10-16(15)17)20-14-5-4-9-18-11-14/h4-7,9-12,19H,3,8H2,1-2H3. The molecule has 0 saturated heterocycles. The van der Waals surface area contributed by atoms with Gasteiger partial charge < -0.3 is 10.1 Å². The molecule has 2 aromatic rings. The van der Waals surface area contributed by atoms with Gasteiger partial charge in [0.1, 0.15) is 11.5 Å². The molecule has 3 nitrogen and oxygen atoms in total. The number of halogens is 1. The quantitative estimate of drug-likeness (QED) is 0.831. The zero-order valence-electron chi connectivity index (χ0n) is 11.8. The van der Waals surface area contributed by atoms with Gasteiger partial charge in [-0.3, -0.25) is 4.98 Å². The molecule has 0 spiro atoms. The summed E-state index contributed by atoms with van der Waals surface area (Å²) < 4.78 is 6.81. The third kappa shape index (κ3) is 4.05. The Hall–Kier alpha value is -1.39. The van der Waals surface area contributed by atoms with E-state index in [-0.39, 0.29) is 0 Å². The topological polar surface area (TPSA) is 34.1 Å². The van der Waals surface area contributed by atoms with Crippen molar-refractivity contribution in [2.45, 2.75) is 26.3 Å². The van der Waals surface area contributed by atoms with Gasteiger partial charge in [0.2, 0.25) is 0 Å². The molecule has 20 heavy (non-hydrogen) atoms. The Bertz CT molecular complexity index is 545. The highest BCUT2D eigenvalue weighted by molar-refractivity contribution is 9.10. The number of pyridine rings is 1. The lowest BCUT2D eigenvalue weighted by atomic mass is 10.1. The first kappa shape index (κ1) is 15.0. The summed E-state index contributed by atoms with van der Waals surface area (Å²) in [6, 6.07) is 10.1. The van der Waals surface area contributed by atoms with Crippen molar-refractivity contribution >= 4 is 15.9 Å². The first-order chi connectivity index (χ1) is 9.70. The largest absolute Gasteiger partial charge is 0.456 e. The molecule has 2 rings (SSSR count). The fourth-order valence-electron chi connectivity index (χ4n) is 1.94. The van der Waals surface area contributed by atoms with E-state index in [0.717, 1.165) is 28.9 Å². The van der Waals surface area contributed by atoms with Gasteiger partial charge in [0.15, 0.2) is 0 Å². The predicted molar refractivity (Wildman–Crippen MR) is 85.2 cm³/mol. The Labute approximate surface area is 128 Å². The molecule has 1 aromatic heterocycles. The minimum atomic E-state index is 0.316. The van der Waals surface area contributed by atoms with E-state index in [9.17, 15) is 0 Å². The molecular formula is C16H19BrN2O. The molecule has 1 heterocycles. The molecule has 0 aliphatic carbocycles. The SMILES string of the molecule is CCCNC(C)c1ccc(Oc2cccnc2)cc1Br. The van der Waals surface area contributed by atoms with Crippen LogP contribution in [0.2, 0.25) is 0 Å². The Morgan fingerprint density at radius 3 is 2.80 bits per heavy atom. The van der Waals surface area contributed by atoms with Crippen LogP contribution in [0, 0.1) is 0 Å².